The Hall–Kier alpha value is -4.39. The lowest BCUT2D eigenvalue weighted by molar-refractivity contribution is -0.129. The first-order valence-corrected chi connectivity index (χ1v) is 10.8. The molecule has 0 saturated carbocycles. The maximum atomic E-state index is 11.4. The molecule has 0 bridgehead atoms. The first kappa shape index (κ1) is 22.8. The SMILES string of the molecule is Cc1oc(-c2ccccc2)nc1COc1ccc(CON=C(Cc2ccccc2)C(=O)O)cc1. The minimum Gasteiger partial charge on any atom is -0.487 e. The summed E-state index contributed by atoms with van der Waals surface area (Å²) in [6, 6.07) is 26.3. The fourth-order valence-electron chi connectivity index (χ4n) is 3.22. The van der Waals surface area contributed by atoms with Gasteiger partial charge in [0.25, 0.3) is 0 Å². The van der Waals surface area contributed by atoms with Gasteiger partial charge in [0.2, 0.25) is 5.89 Å². The quantitative estimate of drug-likeness (QED) is 0.253. The molecule has 0 unspecified atom stereocenters. The number of carbonyl (C=O) groups is 1. The van der Waals surface area contributed by atoms with Crippen molar-refractivity contribution in [3.05, 3.63) is 108 Å². The van der Waals surface area contributed by atoms with E-state index in [2.05, 4.69) is 10.1 Å². The highest BCUT2D eigenvalue weighted by atomic mass is 16.6. The highest BCUT2D eigenvalue weighted by Gasteiger charge is 2.13. The zero-order chi connectivity index (χ0) is 23.8. The van der Waals surface area contributed by atoms with Gasteiger partial charge < -0.3 is 19.1 Å². The number of hydrogen-bond acceptors (Lipinski definition) is 6. The van der Waals surface area contributed by atoms with Crippen molar-refractivity contribution >= 4 is 11.7 Å². The molecule has 0 spiro atoms. The van der Waals surface area contributed by atoms with E-state index in [1.807, 2.05) is 91.9 Å². The molecule has 3 aromatic carbocycles. The lowest BCUT2D eigenvalue weighted by Gasteiger charge is -2.06. The number of carboxylic acids is 1. The monoisotopic (exact) mass is 456 g/mol. The maximum Gasteiger partial charge on any atom is 0.354 e. The van der Waals surface area contributed by atoms with Crippen LogP contribution in [-0.2, 0) is 29.3 Å². The van der Waals surface area contributed by atoms with E-state index in [0.29, 0.717) is 17.4 Å². The van der Waals surface area contributed by atoms with Gasteiger partial charge in [-0.3, -0.25) is 0 Å². The second-order valence-electron chi connectivity index (χ2n) is 7.60. The van der Waals surface area contributed by atoms with Gasteiger partial charge in [-0.05, 0) is 42.3 Å². The fourth-order valence-corrected chi connectivity index (χ4v) is 3.22. The molecule has 34 heavy (non-hydrogen) atoms. The van der Waals surface area contributed by atoms with Gasteiger partial charge in [-0.25, -0.2) is 9.78 Å². The minimum atomic E-state index is -1.11. The van der Waals surface area contributed by atoms with Crippen LogP contribution < -0.4 is 4.74 Å². The second kappa shape index (κ2) is 11.0. The number of rotatable bonds is 10. The van der Waals surface area contributed by atoms with Crippen LogP contribution in [0.1, 0.15) is 22.6 Å². The molecule has 172 valence electrons. The van der Waals surface area contributed by atoms with Crippen LogP contribution in [0.25, 0.3) is 11.5 Å². The lowest BCUT2D eigenvalue weighted by Crippen LogP contribution is -2.16. The van der Waals surface area contributed by atoms with E-state index in [0.717, 1.165) is 22.4 Å². The first-order chi connectivity index (χ1) is 16.6. The number of oxime groups is 1. The number of hydrogen-bond donors (Lipinski definition) is 1. The van der Waals surface area contributed by atoms with Crippen molar-refractivity contribution in [1.82, 2.24) is 4.98 Å². The molecule has 1 heterocycles. The van der Waals surface area contributed by atoms with E-state index in [-0.39, 0.29) is 25.3 Å². The molecule has 4 aromatic rings. The standard InChI is InChI=1S/C27H24N2O5/c1-19-25(28-26(34-19)22-10-6-3-7-11-22)18-32-23-14-12-21(13-15-23)17-33-29-24(27(30)31)16-20-8-4-2-5-9-20/h2-15H,16-18H2,1H3,(H,30,31). The van der Waals surface area contributed by atoms with Crippen molar-refractivity contribution in [2.45, 2.75) is 26.6 Å². The Morgan fingerprint density at radius 2 is 1.59 bits per heavy atom. The van der Waals surface area contributed by atoms with Crippen LogP contribution in [0.4, 0.5) is 0 Å². The fraction of sp³-hybridized carbons (Fsp3) is 0.148. The predicted molar refractivity (Wildman–Crippen MR) is 127 cm³/mol. The van der Waals surface area contributed by atoms with E-state index in [9.17, 15) is 9.90 Å². The Kier molecular flexibility index (Phi) is 7.35. The molecular weight excluding hydrogens is 432 g/mol. The van der Waals surface area contributed by atoms with Crippen LogP contribution in [0.15, 0.2) is 94.5 Å². The first-order valence-electron chi connectivity index (χ1n) is 10.8. The summed E-state index contributed by atoms with van der Waals surface area (Å²) in [5.41, 5.74) is 3.29. The van der Waals surface area contributed by atoms with Crippen molar-refractivity contribution in [1.29, 1.82) is 0 Å². The van der Waals surface area contributed by atoms with E-state index in [4.69, 9.17) is 14.0 Å². The summed E-state index contributed by atoms with van der Waals surface area (Å²) in [6.07, 6.45) is 0.191. The number of carboxylic acid groups (broad SMARTS) is 1. The summed E-state index contributed by atoms with van der Waals surface area (Å²) in [6.45, 7) is 2.29. The Morgan fingerprint density at radius 1 is 0.912 bits per heavy atom. The topological polar surface area (TPSA) is 94.2 Å². The van der Waals surface area contributed by atoms with Gasteiger partial charge in [-0.1, -0.05) is 65.8 Å². The number of nitrogens with zero attached hydrogens (tertiary/aromatic N) is 2. The van der Waals surface area contributed by atoms with Gasteiger partial charge in [0.15, 0.2) is 5.71 Å². The molecule has 1 N–H and O–H groups in total. The average Bonchev–Trinajstić information content (AvgIpc) is 3.24. The number of ether oxygens (including phenoxy) is 1. The molecule has 7 nitrogen and oxygen atoms in total. The van der Waals surface area contributed by atoms with Gasteiger partial charge in [-0.2, -0.15) is 0 Å². The van der Waals surface area contributed by atoms with E-state index in [1.54, 1.807) is 0 Å². The third-order valence-corrected chi connectivity index (χ3v) is 5.08. The largest absolute Gasteiger partial charge is 0.487 e. The summed E-state index contributed by atoms with van der Waals surface area (Å²) in [5.74, 6) is 0.849. The molecule has 0 aliphatic carbocycles. The summed E-state index contributed by atoms with van der Waals surface area (Å²) < 4.78 is 11.6. The molecule has 7 heteroatoms. The van der Waals surface area contributed by atoms with E-state index in [1.165, 1.54) is 0 Å². The van der Waals surface area contributed by atoms with Gasteiger partial charge in [0.05, 0.1) is 0 Å². The molecular formula is C27H24N2O5. The van der Waals surface area contributed by atoms with Gasteiger partial charge in [0.1, 0.15) is 30.4 Å². The molecule has 4 rings (SSSR count). The van der Waals surface area contributed by atoms with Crippen molar-refractivity contribution in [2.75, 3.05) is 0 Å². The van der Waals surface area contributed by atoms with Crippen molar-refractivity contribution in [3.63, 3.8) is 0 Å². The van der Waals surface area contributed by atoms with Crippen LogP contribution in [0.2, 0.25) is 0 Å². The molecule has 0 atom stereocenters. The van der Waals surface area contributed by atoms with Gasteiger partial charge in [0, 0.05) is 12.0 Å². The molecule has 0 fully saturated rings. The van der Waals surface area contributed by atoms with Crippen LogP contribution in [0.3, 0.4) is 0 Å². The maximum absolute atomic E-state index is 11.4. The number of aryl methyl sites for hydroxylation is 1. The van der Waals surface area contributed by atoms with E-state index < -0.39 is 5.97 Å². The number of benzene rings is 3. The van der Waals surface area contributed by atoms with Crippen LogP contribution >= 0.6 is 0 Å². The number of aromatic nitrogens is 1. The highest BCUT2D eigenvalue weighted by Crippen LogP contribution is 2.23. The Labute approximate surface area is 197 Å². The molecule has 0 radical (unpaired) electrons. The van der Waals surface area contributed by atoms with Crippen LogP contribution in [0.5, 0.6) is 5.75 Å². The summed E-state index contributed by atoms with van der Waals surface area (Å²) in [7, 11) is 0. The third-order valence-electron chi connectivity index (χ3n) is 5.08. The predicted octanol–water partition coefficient (Wildman–Crippen LogP) is 5.43. The number of aliphatic carboxylic acids is 1. The average molecular weight is 456 g/mol. The lowest BCUT2D eigenvalue weighted by atomic mass is 10.1. The molecule has 1 aromatic heterocycles. The van der Waals surface area contributed by atoms with Crippen molar-refractivity contribution in [3.8, 4) is 17.2 Å². The molecule has 0 aliphatic heterocycles. The third kappa shape index (κ3) is 6.10. The summed E-state index contributed by atoms with van der Waals surface area (Å²) in [5, 5.41) is 13.2. The van der Waals surface area contributed by atoms with Crippen molar-refractivity contribution < 1.29 is 23.9 Å². The Bertz CT molecular complexity index is 1250. The Morgan fingerprint density at radius 3 is 2.26 bits per heavy atom. The zero-order valence-electron chi connectivity index (χ0n) is 18.7. The summed E-state index contributed by atoms with van der Waals surface area (Å²) >= 11 is 0. The smallest absolute Gasteiger partial charge is 0.354 e. The number of oxazole rings is 1. The second-order valence-corrected chi connectivity index (χ2v) is 7.60. The zero-order valence-corrected chi connectivity index (χ0v) is 18.7. The summed E-state index contributed by atoms with van der Waals surface area (Å²) in [4.78, 5) is 21.3. The van der Waals surface area contributed by atoms with E-state index >= 15 is 0 Å². The normalized spacial score (nSPS) is 11.3. The van der Waals surface area contributed by atoms with Gasteiger partial charge >= 0.3 is 5.97 Å². The van der Waals surface area contributed by atoms with Crippen LogP contribution in [-0.4, -0.2) is 21.8 Å². The van der Waals surface area contributed by atoms with Gasteiger partial charge in [-0.15, -0.1) is 0 Å². The molecule has 0 aliphatic rings. The molecule has 0 saturated heterocycles. The van der Waals surface area contributed by atoms with Crippen LogP contribution in [0, 0.1) is 6.92 Å². The Balaban J connectivity index is 1.31. The minimum absolute atomic E-state index is 0.0518. The molecule has 0 amide bonds. The highest BCUT2D eigenvalue weighted by molar-refractivity contribution is 6.35. The van der Waals surface area contributed by atoms with Crippen molar-refractivity contribution in [2.24, 2.45) is 5.16 Å².